The molecule has 0 saturated heterocycles. The first-order valence-electron chi connectivity index (χ1n) is 4.83. The summed E-state index contributed by atoms with van der Waals surface area (Å²) in [5.74, 6) is 1.73. The molecule has 2 heterocycles. The van der Waals surface area contributed by atoms with Crippen LogP contribution in [-0.2, 0) is 0 Å². The van der Waals surface area contributed by atoms with E-state index in [2.05, 4.69) is 38.7 Å². The average Bonchev–Trinajstić information content (AvgIpc) is 2.65. The van der Waals surface area contributed by atoms with Crippen LogP contribution < -0.4 is 5.32 Å². The summed E-state index contributed by atoms with van der Waals surface area (Å²) in [7, 11) is 0. The minimum absolute atomic E-state index is 0.218. The molecule has 16 heavy (non-hydrogen) atoms. The maximum absolute atomic E-state index is 5.83. The highest BCUT2D eigenvalue weighted by atomic mass is 35.5. The average molecular weight is 258 g/mol. The van der Waals surface area contributed by atoms with E-state index in [1.54, 1.807) is 18.0 Å². The Bertz CT molecular complexity index is 486. The van der Waals surface area contributed by atoms with E-state index in [0.717, 1.165) is 17.0 Å². The minimum Gasteiger partial charge on any atom is -0.366 e. The molecule has 0 aromatic carbocycles. The first kappa shape index (κ1) is 11.5. The van der Waals surface area contributed by atoms with Crippen molar-refractivity contribution in [2.75, 3.05) is 17.3 Å². The van der Waals surface area contributed by atoms with E-state index in [0.29, 0.717) is 11.7 Å². The lowest BCUT2D eigenvalue weighted by molar-refractivity contribution is 0.904. The van der Waals surface area contributed by atoms with Crippen LogP contribution in [0.4, 0.5) is 5.82 Å². The molecule has 0 amide bonds. The number of aromatic amines is 1. The van der Waals surface area contributed by atoms with Crippen LogP contribution in [0.3, 0.4) is 0 Å². The van der Waals surface area contributed by atoms with Crippen molar-refractivity contribution in [1.29, 1.82) is 0 Å². The van der Waals surface area contributed by atoms with Gasteiger partial charge in [-0.3, -0.25) is 5.10 Å². The van der Waals surface area contributed by atoms with Crippen molar-refractivity contribution < 1.29 is 0 Å². The number of nitrogens with one attached hydrogen (secondary N) is 2. The normalized spacial score (nSPS) is 12.9. The summed E-state index contributed by atoms with van der Waals surface area (Å²) in [6.07, 6.45) is 3.76. The van der Waals surface area contributed by atoms with Gasteiger partial charge in [-0.1, -0.05) is 0 Å². The summed E-state index contributed by atoms with van der Waals surface area (Å²) in [6.45, 7) is 2.10. The standard InChI is InChI=1S/C9H12ClN5S/c1-5(4-16-2)12-7-6-3-11-15-8(6)14-9(10)13-7/h3,5H,4H2,1-2H3,(H2,11,12,13,14,15). The zero-order chi connectivity index (χ0) is 11.5. The van der Waals surface area contributed by atoms with Crippen molar-refractivity contribution in [1.82, 2.24) is 20.2 Å². The molecule has 0 fully saturated rings. The van der Waals surface area contributed by atoms with Gasteiger partial charge in [0.25, 0.3) is 0 Å². The van der Waals surface area contributed by atoms with Crippen molar-refractivity contribution >= 4 is 40.2 Å². The molecule has 1 atom stereocenters. The highest BCUT2D eigenvalue weighted by molar-refractivity contribution is 7.98. The maximum Gasteiger partial charge on any atom is 0.226 e. The number of hydrogen-bond donors (Lipinski definition) is 2. The Kier molecular flexibility index (Phi) is 3.50. The molecule has 2 aromatic heterocycles. The van der Waals surface area contributed by atoms with E-state index >= 15 is 0 Å². The van der Waals surface area contributed by atoms with Crippen molar-refractivity contribution in [3.05, 3.63) is 11.5 Å². The second-order valence-electron chi connectivity index (χ2n) is 3.47. The molecule has 0 aliphatic carbocycles. The van der Waals surface area contributed by atoms with Crippen LogP contribution in [0.5, 0.6) is 0 Å². The number of rotatable bonds is 4. The molecule has 1 unspecified atom stereocenters. The fourth-order valence-corrected chi connectivity index (χ4v) is 2.20. The Labute approximate surface area is 102 Å². The van der Waals surface area contributed by atoms with Gasteiger partial charge in [0.1, 0.15) is 5.82 Å². The van der Waals surface area contributed by atoms with Crippen LogP contribution in [0.25, 0.3) is 11.0 Å². The lowest BCUT2D eigenvalue weighted by Crippen LogP contribution is -2.18. The van der Waals surface area contributed by atoms with E-state index in [-0.39, 0.29) is 5.28 Å². The molecule has 0 aliphatic heterocycles. The third kappa shape index (κ3) is 2.38. The number of aromatic nitrogens is 4. The zero-order valence-electron chi connectivity index (χ0n) is 8.99. The molecule has 0 spiro atoms. The van der Waals surface area contributed by atoms with Crippen molar-refractivity contribution in [3.8, 4) is 0 Å². The summed E-state index contributed by atoms with van der Waals surface area (Å²) >= 11 is 7.60. The largest absolute Gasteiger partial charge is 0.366 e. The number of anilines is 1. The summed E-state index contributed by atoms with van der Waals surface area (Å²) in [5.41, 5.74) is 0.652. The molecule has 2 aromatic rings. The number of H-pyrrole nitrogens is 1. The quantitative estimate of drug-likeness (QED) is 0.822. The molecule has 0 radical (unpaired) electrons. The number of fused-ring (bicyclic) bond motifs is 1. The third-order valence-electron chi connectivity index (χ3n) is 2.08. The van der Waals surface area contributed by atoms with Crippen molar-refractivity contribution in [2.45, 2.75) is 13.0 Å². The van der Waals surface area contributed by atoms with Gasteiger partial charge in [-0.15, -0.1) is 0 Å². The molecule has 7 heteroatoms. The number of halogens is 1. The maximum atomic E-state index is 5.83. The molecule has 0 saturated carbocycles. The van der Waals surface area contributed by atoms with Gasteiger partial charge in [0.15, 0.2) is 5.65 Å². The molecule has 2 N–H and O–H groups in total. The van der Waals surface area contributed by atoms with Gasteiger partial charge in [0, 0.05) is 11.8 Å². The van der Waals surface area contributed by atoms with Gasteiger partial charge in [-0.2, -0.15) is 26.8 Å². The second-order valence-corrected chi connectivity index (χ2v) is 4.72. The highest BCUT2D eigenvalue weighted by Crippen LogP contribution is 2.20. The molecule has 0 aliphatic rings. The zero-order valence-corrected chi connectivity index (χ0v) is 10.6. The van der Waals surface area contributed by atoms with Crippen LogP contribution in [0.2, 0.25) is 5.28 Å². The third-order valence-corrected chi connectivity index (χ3v) is 3.08. The van der Waals surface area contributed by atoms with Gasteiger partial charge >= 0.3 is 0 Å². The predicted octanol–water partition coefficient (Wildman–Crippen LogP) is 2.17. The second kappa shape index (κ2) is 4.88. The van der Waals surface area contributed by atoms with E-state index in [1.165, 1.54) is 0 Å². The molecule has 86 valence electrons. The Morgan fingerprint density at radius 3 is 3.12 bits per heavy atom. The Morgan fingerprint density at radius 1 is 1.56 bits per heavy atom. The summed E-state index contributed by atoms with van der Waals surface area (Å²) < 4.78 is 0. The first-order valence-corrected chi connectivity index (χ1v) is 6.60. The number of thioether (sulfide) groups is 1. The number of nitrogens with zero attached hydrogens (tertiary/aromatic N) is 3. The van der Waals surface area contributed by atoms with Crippen molar-refractivity contribution in [2.24, 2.45) is 0 Å². The summed E-state index contributed by atoms with van der Waals surface area (Å²) in [5, 5.41) is 11.1. The lowest BCUT2D eigenvalue weighted by Gasteiger charge is -2.13. The molecular formula is C9H12ClN5S. The Hall–Kier alpha value is -1.01. The van der Waals surface area contributed by atoms with Gasteiger partial charge in [0.05, 0.1) is 11.6 Å². The van der Waals surface area contributed by atoms with E-state index in [4.69, 9.17) is 11.6 Å². The van der Waals surface area contributed by atoms with Crippen LogP contribution in [0, 0.1) is 0 Å². The molecule has 5 nitrogen and oxygen atoms in total. The summed E-state index contributed by atoms with van der Waals surface area (Å²) in [6, 6.07) is 0.319. The topological polar surface area (TPSA) is 66.5 Å². The van der Waals surface area contributed by atoms with Crippen LogP contribution >= 0.6 is 23.4 Å². The number of hydrogen-bond acceptors (Lipinski definition) is 5. The van der Waals surface area contributed by atoms with E-state index in [9.17, 15) is 0 Å². The SMILES string of the molecule is CSCC(C)Nc1nc(Cl)nc2[nH]ncc12. The molecular weight excluding hydrogens is 246 g/mol. The van der Waals surface area contributed by atoms with Crippen molar-refractivity contribution in [3.63, 3.8) is 0 Å². The smallest absolute Gasteiger partial charge is 0.226 e. The molecule has 2 rings (SSSR count). The van der Waals surface area contributed by atoms with Crippen LogP contribution in [-0.4, -0.2) is 38.2 Å². The van der Waals surface area contributed by atoms with Gasteiger partial charge < -0.3 is 5.32 Å². The Balaban J connectivity index is 2.31. The minimum atomic E-state index is 0.218. The van der Waals surface area contributed by atoms with Gasteiger partial charge in [-0.25, -0.2) is 0 Å². The predicted molar refractivity (Wildman–Crippen MR) is 68.2 cm³/mol. The van der Waals surface area contributed by atoms with E-state index < -0.39 is 0 Å². The van der Waals surface area contributed by atoms with Gasteiger partial charge in [0.2, 0.25) is 5.28 Å². The van der Waals surface area contributed by atoms with Crippen LogP contribution in [0.1, 0.15) is 6.92 Å². The molecule has 0 bridgehead atoms. The first-order chi connectivity index (χ1) is 7.70. The van der Waals surface area contributed by atoms with E-state index in [1.807, 2.05) is 0 Å². The lowest BCUT2D eigenvalue weighted by atomic mass is 10.3. The van der Waals surface area contributed by atoms with Crippen LogP contribution in [0.15, 0.2) is 6.20 Å². The Morgan fingerprint density at radius 2 is 2.38 bits per heavy atom. The summed E-state index contributed by atoms with van der Waals surface area (Å²) in [4.78, 5) is 8.21. The highest BCUT2D eigenvalue weighted by Gasteiger charge is 2.10. The fourth-order valence-electron chi connectivity index (χ4n) is 1.44. The monoisotopic (exact) mass is 257 g/mol. The fraction of sp³-hybridized carbons (Fsp3) is 0.444. The van der Waals surface area contributed by atoms with Gasteiger partial charge in [-0.05, 0) is 24.8 Å².